The minimum atomic E-state index is 0. The molecular weight excluding hydrogens is 104 g/mol. The van der Waals surface area contributed by atoms with Gasteiger partial charge in [0.05, 0.1) is 6.10 Å². The number of hydrogen-bond acceptors (Lipinski definition) is 2. The van der Waals surface area contributed by atoms with Crippen molar-refractivity contribution in [2.24, 2.45) is 0 Å². The molecule has 8 heavy (non-hydrogen) atoms. The summed E-state index contributed by atoms with van der Waals surface area (Å²) in [7, 11) is 1.66. The van der Waals surface area contributed by atoms with Gasteiger partial charge in [-0.25, -0.2) is 0 Å². The van der Waals surface area contributed by atoms with Gasteiger partial charge in [-0.1, -0.05) is 0 Å². The molecule has 1 unspecified atom stereocenters. The highest BCUT2D eigenvalue weighted by Gasteiger charge is 2.20. The predicted molar refractivity (Wildman–Crippen MR) is 31.8 cm³/mol. The van der Waals surface area contributed by atoms with Gasteiger partial charge in [0.15, 0.2) is 0 Å². The molecule has 0 radical (unpaired) electrons. The molecule has 0 aromatic carbocycles. The minimum absolute atomic E-state index is 0. The first kappa shape index (κ1) is 5.76. The Morgan fingerprint density at radius 1 is 1.88 bits per heavy atom. The van der Waals surface area contributed by atoms with Gasteiger partial charge in [0, 0.05) is 21.4 Å². The van der Waals surface area contributed by atoms with Crippen LogP contribution in [0.5, 0.6) is 0 Å². The SMILES string of the molecule is COC1CCC(=O)C1.[HH]. The number of Topliss-reactive ketones (excluding diaryl/α,β-unsaturated/α-hetero) is 1. The highest BCUT2D eigenvalue weighted by molar-refractivity contribution is 5.80. The lowest BCUT2D eigenvalue weighted by Crippen LogP contribution is -2.03. The zero-order valence-electron chi connectivity index (χ0n) is 5.02. The topological polar surface area (TPSA) is 26.3 Å². The first-order valence-corrected chi connectivity index (χ1v) is 2.87. The van der Waals surface area contributed by atoms with Crippen molar-refractivity contribution in [2.45, 2.75) is 25.4 Å². The van der Waals surface area contributed by atoms with E-state index in [1.54, 1.807) is 7.11 Å². The van der Waals surface area contributed by atoms with Crippen molar-refractivity contribution in [1.29, 1.82) is 0 Å². The Balaban J connectivity index is 0.000000640. The molecular formula is C6H12O2. The van der Waals surface area contributed by atoms with Gasteiger partial charge in [-0.3, -0.25) is 4.79 Å². The van der Waals surface area contributed by atoms with Crippen LogP contribution in [-0.2, 0) is 9.53 Å². The fourth-order valence-corrected chi connectivity index (χ4v) is 0.981. The summed E-state index contributed by atoms with van der Waals surface area (Å²) in [5.74, 6) is 0.344. The normalized spacial score (nSPS) is 29.1. The molecule has 0 aromatic heterocycles. The third-order valence-electron chi connectivity index (χ3n) is 1.53. The van der Waals surface area contributed by atoms with E-state index in [0.29, 0.717) is 12.2 Å². The number of methoxy groups -OCH3 is 1. The van der Waals surface area contributed by atoms with Gasteiger partial charge in [-0.15, -0.1) is 0 Å². The van der Waals surface area contributed by atoms with E-state index in [1.165, 1.54) is 0 Å². The van der Waals surface area contributed by atoms with Crippen molar-refractivity contribution in [3.05, 3.63) is 0 Å². The van der Waals surface area contributed by atoms with Crippen LogP contribution < -0.4 is 0 Å². The van der Waals surface area contributed by atoms with E-state index in [2.05, 4.69) is 0 Å². The molecule has 1 fully saturated rings. The Bertz CT molecular complexity index is 103. The molecule has 1 saturated carbocycles. The quantitative estimate of drug-likeness (QED) is 0.511. The van der Waals surface area contributed by atoms with Crippen molar-refractivity contribution in [1.82, 2.24) is 0 Å². The van der Waals surface area contributed by atoms with E-state index < -0.39 is 0 Å². The lowest BCUT2D eigenvalue weighted by Gasteiger charge is -2.01. The van der Waals surface area contributed by atoms with Crippen LogP contribution in [0.25, 0.3) is 0 Å². The molecule has 0 aliphatic heterocycles. The Labute approximate surface area is 50.3 Å². The fourth-order valence-electron chi connectivity index (χ4n) is 0.981. The van der Waals surface area contributed by atoms with Crippen LogP contribution in [0.15, 0.2) is 0 Å². The minimum Gasteiger partial charge on any atom is -0.381 e. The Kier molecular flexibility index (Phi) is 1.63. The summed E-state index contributed by atoms with van der Waals surface area (Å²) in [5, 5.41) is 0. The van der Waals surface area contributed by atoms with Crippen molar-refractivity contribution in [3.63, 3.8) is 0 Å². The number of rotatable bonds is 1. The second-order valence-electron chi connectivity index (χ2n) is 2.14. The Morgan fingerprint density at radius 2 is 2.62 bits per heavy atom. The summed E-state index contributed by atoms with van der Waals surface area (Å²) in [5.41, 5.74) is 0. The lowest BCUT2D eigenvalue weighted by atomic mass is 10.3. The Hall–Kier alpha value is -0.370. The summed E-state index contributed by atoms with van der Waals surface area (Å²) < 4.78 is 4.96. The average Bonchev–Trinajstić information content (AvgIpc) is 2.14. The predicted octanol–water partition coefficient (Wildman–Crippen LogP) is 1.00. The number of carbonyl (C=O) groups is 1. The molecule has 0 amide bonds. The summed E-state index contributed by atoms with van der Waals surface area (Å²) in [6.45, 7) is 0. The molecule has 0 aromatic rings. The molecule has 48 valence electrons. The van der Waals surface area contributed by atoms with Crippen molar-refractivity contribution < 1.29 is 11.0 Å². The van der Waals surface area contributed by atoms with Gasteiger partial charge in [0.2, 0.25) is 0 Å². The van der Waals surface area contributed by atoms with Gasteiger partial charge in [0.25, 0.3) is 0 Å². The number of ketones is 1. The zero-order valence-corrected chi connectivity index (χ0v) is 5.02. The summed E-state index contributed by atoms with van der Waals surface area (Å²) in [4.78, 5) is 10.5. The molecule has 0 heterocycles. The molecule has 2 nitrogen and oxygen atoms in total. The first-order chi connectivity index (χ1) is 3.83. The van der Waals surface area contributed by atoms with Gasteiger partial charge < -0.3 is 4.74 Å². The highest BCUT2D eigenvalue weighted by Crippen LogP contribution is 2.16. The zero-order chi connectivity index (χ0) is 5.98. The van der Waals surface area contributed by atoms with Crippen LogP contribution >= 0.6 is 0 Å². The molecule has 1 rings (SSSR count). The number of ether oxygens (including phenoxy) is 1. The van der Waals surface area contributed by atoms with Crippen molar-refractivity contribution >= 4 is 5.78 Å². The maximum absolute atomic E-state index is 10.5. The maximum atomic E-state index is 10.5. The van der Waals surface area contributed by atoms with Gasteiger partial charge in [-0.2, -0.15) is 0 Å². The van der Waals surface area contributed by atoms with Crippen LogP contribution in [0.3, 0.4) is 0 Å². The molecule has 0 saturated heterocycles. The van der Waals surface area contributed by atoms with E-state index in [4.69, 9.17) is 4.74 Å². The lowest BCUT2D eigenvalue weighted by molar-refractivity contribution is -0.118. The van der Waals surface area contributed by atoms with Gasteiger partial charge in [0.1, 0.15) is 5.78 Å². The van der Waals surface area contributed by atoms with E-state index >= 15 is 0 Å². The van der Waals surface area contributed by atoms with Crippen LogP contribution in [0.2, 0.25) is 0 Å². The fraction of sp³-hybridized carbons (Fsp3) is 0.833. The van der Waals surface area contributed by atoms with E-state index in [-0.39, 0.29) is 7.53 Å². The van der Waals surface area contributed by atoms with Crippen LogP contribution in [0.4, 0.5) is 0 Å². The third-order valence-corrected chi connectivity index (χ3v) is 1.53. The molecule has 1 atom stereocenters. The average molecular weight is 116 g/mol. The summed E-state index contributed by atoms with van der Waals surface area (Å²) >= 11 is 0. The van der Waals surface area contributed by atoms with Gasteiger partial charge in [-0.05, 0) is 6.42 Å². The van der Waals surface area contributed by atoms with Crippen molar-refractivity contribution in [2.75, 3.05) is 7.11 Å². The maximum Gasteiger partial charge on any atom is 0.135 e. The second kappa shape index (κ2) is 2.27. The number of hydrogen-bond donors (Lipinski definition) is 0. The van der Waals surface area contributed by atoms with Crippen molar-refractivity contribution in [3.8, 4) is 0 Å². The van der Waals surface area contributed by atoms with Crippen LogP contribution in [0, 0.1) is 0 Å². The monoisotopic (exact) mass is 116 g/mol. The van der Waals surface area contributed by atoms with Crippen LogP contribution in [-0.4, -0.2) is 19.0 Å². The second-order valence-corrected chi connectivity index (χ2v) is 2.14. The molecule has 0 spiro atoms. The van der Waals surface area contributed by atoms with Crippen LogP contribution in [0.1, 0.15) is 20.7 Å². The number of carbonyl (C=O) groups excluding carboxylic acids is 1. The Morgan fingerprint density at radius 3 is 2.88 bits per heavy atom. The molecule has 1 aliphatic rings. The van der Waals surface area contributed by atoms with Gasteiger partial charge >= 0.3 is 0 Å². The molecule has 0 N–H and O–H groups in total. The largest absolute Gasteiger partial charge is 0.381 e. The third kappa shape index (κ3) is 1.07. The van der Waals surface area contributed by atoms with E-state index in [0.717, 1.165) is 12.8 Å². The van der Waals surface area contributed by atoms with E-state index in [9.17, 15) is 4.79 Å². The molecule has 2 heteroatoms. The summed E-state index contributed by atoms with van der Waals surface area (Å²) in [6, 6.07) is 0. The van der Waals surface area contributed by atoms with E-state index in [1.807, 2.05) is 0 Å². The highest BCUT2D eigenvalue weighted by atomic mass is 16.5. The standard InChI is InChI=1S/C6H10O2.H2/c1-8-6-3-2-5(7)4-6;/h6H,2-4H2,1H3;1H. The molecule has 1 aliphatic carbocycles. The summed E-state index contributed by atoms with van der Waals surface area (Å²) in [6.07, 6.45) is 2.51. The first-order valence-electron chi connectivity index (χ1n) is 2.87. The smallest absolute Gasteiger partial charge is 0.135 e. The molecule has 0 bridgehead atoms.